The minimum absolute atomic E-state index is 0.0964. The fraction of sp³-hybridized carbons (Fsp3) is 0.733. The lowest BCUT2D eigenvalue weighted by Gasteiger charge is -2.44. The summed E-state index contributed by atoms with van der Waals surface area (Å²) in [6.07, 6.45) is 2.12. The van der Waals surface area contributed by atoms with Crippen molar-refractivity contribution in [2.24, 2.45) is 11.8 Å². The fourth-order valence-corrected chi connectivity index (χ4v) is 4.34. The van der Waals surface area contributed by atoms with Crippen LogP contribution in [0.5, 0.6) is 0 Å². The zero-order valence-electron chi connectivity index (χ0n) is 12.7. The first-order valence-electron chi connectivity index (χ1n) is 7.63. The van der Waals surface area contributed by atoms with Gasteiger partial charge < -0.3 is 10.1 Å². The molecule has 2 fully saturated rings. The van der Waals surface area contributed by atoms with Gasteiger partial charge in [-0.05, 0) is 19.8 Å². The molecule has 1 aromatic heterocycles. The summed E-state index contributed by atoms with van der Waals surface area (Å²) in [4.78, 5) is 20.2. The minimum atomic E-state index is 0.0964. The number of amides is 1. The normalized spacial score (nSPS) is 29.9. The predicted molar refractivity (Wildman–Crippen MR) is 82.1 cm³/mol. The summed E-state index contributed by atoms with van der Waals surface area (Å²) in [7, 11) is 1.73. The first-order valence-corrected chi connectivity index (χ1v) is 8.51. The number of aromatic nitrogens is 1. The van der Waals surface area contributed by atoms with Gasteiger partial charge in [-0.25, -0.2) is 4.98 Å². The molecule has 0 saturated carbocycles. The molecule has 2 aliphatic rings. The van der Waals surface area contributed by atoms with Crippen molar-refractivity contribution >= 4 is 17.2 Å². The van der Waals surface area contributed by atoms with E-state index in [0.29, 0.717) is 12.5 Å². The first kappa shape index (κ1) is 14.9. The number of ether oxygens (including phenoxy) is 1. The maximum absolute atomic E-state index is 12.1. The zero-order chi connectivity index (χ0) is 14.8. The second-order valence-corrected chi connectivity index (χ2v) is 6.91. The Bertz CT molecular complexity index is 505. The van der Waals surface area contributed by atoms with Crippen molar-refractivity contribution in [2.75, 3.05) is 26.7 Å². The van der Waals surface area contributed by atoms with Gasteiger partial charge in [0.25, 0.3) is 0 Å². The van der Waals surface area contributed by atoms with Gasteiger partial charge in [-0.2, -0.15) is 0 Å². The third-order valence-corrected chi connectivity index (χ3v) is 5.67. The number of rotatable bonds is 3. The Morgan fingerprint density at radius 2 is 2.43 bits per heavy atom. The molecule has 1 N–H and O–H groups in total. The summed E-state index contributed by atoms with van der Waals surface area (Å²) in [5.74, 6) is 0.587. The average Bonchev–Trinajstić information content (AvgIpc) is 2.91. The maximum atomic E-state index is 12.1. The van der Waals surface area contributed by atoms with E-state index in [2.05, 4.69) is 22.1 Å². The Morgan fingerprint density at radius 3 is 3.14 bits per heavy atom. The van der Waals surface area contributed by atoms with Crippen LogP contribution in [-0.4, -0.2) is 48.6 Å². The van der Waals surface area contributed by atoms with E-state index in [9.17, 15) is 4.79 Å². The van der Waals surface area contributed by atoms with Crippen molar-refractivity contribution in [3.05, 3.63) is 16.1 Å². The molecule has 2 saturated heterocycles. The highest BCUT2D eigenvalue weighted by Gasteiger charge is 2.41. The quantitative estimate of drug-likeness (QED) is 0.917. The van der Waals surface area contributed by atoms with Crippen LogP contribution < -0.4 is 5.32 Å². The Kier molecular flexibility index (Phi) is 4.57. The molecular weight excluding hydrogens is 286 g/mol. The number of hydrogen-bond donors (Lipinski definition) is 1. The third-order valence-electron chi connectivity index (χ3n) is 4.75. The number of thiazole rings is 1. The number of hydrogen-bond acceptors (Lipinski definition) is 5. The molecule has 0 aliphatic carbocycles. The number of carbonyl (C=O) groups is 1. The highest BCUT2D eigenvalue weighted by molar-refractivity contribution is 7.09. The van der Waals surface area contributed by atoms with Gasteiger partial charge in [0, 0.05) is 50.0 Å². The molecule has 5 nitrogen and oxygen atoms in total. The van der Waals surface area contributed by atoms with Gasteiger partial charge in [0.15, 0.2) is 0 Å². The van der Waals surface area contributed by atoms with E-state index in [4.69, 9.17) is 4.74 Å². The van der Waals surface area contributed by atoms with Crippen molar-refractivity contribution in [3.63, 3.8) is 0 Å². The molecule has 116 valence electrons. The Morgan fingerprint density at radius 1 is 1.57 bits per heavy atom. The van der Waals surface area contributed by atoms with Crippen LogP contribution in [0.3, 0.4) is 0 Å². The van der Waals surface area contributed by atoms with Crippen molar-refractivity contribution in [1.29, 1.82) is 0 Å². The summed E-state index contributed by atoms with van der Waals surface area (Å²) in [5, 5.41) is 2.82. The van der Waals surface area contributed by atoms with Gasteiger partial charge in [0.1, 0.15) is 0 Å². The molecule has 2 aliphatic heterocycles. The van der Waals surface area contributed by atoms with Crippen LogP contribution in [0, 0.1) is 18.8 Å². The highest BCUT2D eigenvalue weighted by Crippen LogP contribution is 2.34. The van der Waals surface area contributed by atoms with Gasteiger partial charge in [-0.1, -0.05) is 0 Å². The minimum Gasteiger partial charge on any atom is -0.378 e. The average molecular weight is 309 g/mol. The van der Waals surface area contributed by atoms with Gasteiger partial charge in [0.2, 0.25) is 5.91 Å². The number of aryl methyl sites for hydroxylation is 1. The van der Waals surface area contributed by atoms with Crippen LogP contribution >= 0.6 is 11.3 Å². The lowest BCUT2D eigenvalue weighted by molar-refractivity contribution is -0.141. The summed E-state index contributed by atoms with van der Waals surface area (Å²) in [6, 6.07) is 0. The molecule has 0 radical (unpaired) electrons. The number of piperidine rings is 1. The molecular formula is C15H23N3O2S. The molecule has 0 bridgehead atoms. The molecule has 0 spiro atoms. The largest absolute Gasteiger partial charge is 0.378 e. The van der Waals surface area contributed by atoms with Crippen LogP contribution in [0.15, 0.2) is 5.51 Å². The second kappa shape index (κ2) is 6.42. The SMILES string of the molecule is CNC(=O)[C@@H]1CCO[C@H]2CCN(Cc3scnc3C)C[C@H]21. The van der Waals surface area contributed by atoms with Gasteiger partial charge in [0.05, 0.1) is 17.3 Å². The number of likely N-dealkylation sites (tertiary alicyclic amines) is 1. The van der Waals surface area contributed by atoms with Gasteiger partial charge in [-0.3, -0.25) is 9.69 Å². The summed E-state index contributed by atoms with van der Waals surface area (Å²) < 4.78 is 5.90. The Labute approximate surface area is 129 Å². The molecule has 1 aromatic rings. The Balaban J connectivity index is 1.68. The third kappa shape index (κ3) is 3.12. The van der Waals surface area contributed by atoms with E-state index in [1.807, 2.05) is 5.51 Å². The topological polar surface area (TPSA) is 54.5 Å². The van der Waals surface area contributed by atoms with E-state index in [-0.39, 0.29) is 17.9 Å². The lowest BCUT2D eigenvalue weighted by atomic mass is 9.79. The summed E-state index contributed by atoms with van der Waals surface area (Å²) >= 11 is 1.72. The second-order valence-electron chi connectivity index (χ2n) is 5.97. The molecule has 0 aromatic carbocycles. The van der Waals surface area contributed by atoms with E-state index in [1.54, 1.807) is 18.4 Å². The van der Waals surface area contributed by atoms with Gasteiger partial charge in [-0.15, -0.1) is 11.3 Å². The Hall–Kier alpha value is -0.980. The van der Waals surface area contributed by atoms with Crippen LogP contribution in [0.4, 0.5) is 0 Å². The van der Waals surface area contributed by atoms with E-state index in [0.717, 1.165) is 38.2 Å². The van der Waals surface area contributed by atoms with Crippen LogP contribution in [0.25, 0.3) is 0 Å². The lowest BCUT2D eigenvalue weighted by Crippen LogP contribution is -2.52. The van der Waals surface area contributed by atoms with Crippen molar-refractivity contribution in [2.45, 2.75) is 32.4 Å². The highest BCUT2D eigenvalue weighted by atomic mass is 32.1. The number of carbonyl (C=O) groups excluding carboxylic acids is 1. The van der Waals surface area contributed by atoms with E-state index >= 15 is 0 Å². The summed E-state index contributed by atoms with van der Waals surface area (Å²) in [5.41, 5.74) is 3.04. The molecule has 0 unspecified atom stereocenters. The number of fused-ring (bicyclic) bond motifs is 1. The molecule has 6 heteroatoms. The summed E-state index contributed by atoms with van der Waals surface area (Å²) in [6.45, 7) is 5.71. The van der Waals surface area contributed by atoms with Crippen molar-refractivity contribution < 1.29 is 9.53 Å². The number of nitrogens with one attached hydrogen (secondary N) is 1. The smallest absolute Gasteiger partial charge is 0.223 e. The van der Waals surface area contributed by atoms with E-state index in [1.165, 1.54) is 4.88 Å². The molecule has 21 heavy (non-hydrogen) atoms. The molecule has 3 rings (SSSR count). The molecule has 3 atom stereocenters. The monoisotopic (exact) mass is 309 g/mol. The number of nitrogens with zero attached hydrogens (tertiary/aromatic N) is 2. The first-order chi connectivity index (χ1) is 10.2. The van der Waals surface area contributed by atoms with E-state index < -0.39 is 0 Å². The predicted octanol–water partition coefficient (Wildman–Crippen LogP) is 1.42. The van der Waals surface area contributed by atoms with Crippen molar-refractivity contribution in [1.82, 2.24) is 15.2 Å². The molecule has 1 amide bonds. The maximum Gasteiger partial charge on any atom is 0.223 e. The van der Waals surface area contributed by atoms with Crippen LogP contribution in [-0.2, 0) is 16.1 Å². The zero-order valence-corrected chi connectivity index (χ0v) is 13.5. The fourth-order valence-electron chi connectivity index (χ4n) is 3.52. The van der Waals surface area contributed by atoms with Gasteiger partial charge >= 0.3 is 0 Å². The molecule has 3 heterocycles. The van der Waals surface area contributed by atoms with Crippen LogP contribution in [0.2, 0.25) is 0 Å². The van der Waals surface area contributed by atoms with Crippen LogP contribution in [0.1, 0.15) is 23.4 Å². The van der Waals surface area contributed by atoms with Crippen molar-refractivity contribution in [3.8, 4) is 0 Å². The standard InChI is InChI=1S/C15H23N3O2S/c1-10-14(21-9-17-10)8-18-5-3-13-12(7-18)11(4-6-20-13)15(19)16-2/h9,11-13H,3-8H2,1-2H3,(H,16,19)/t11-,12+,13+/m1/s1.